The van der Waals surface area contributed by atoms with Crippen molar-refractivity contribution in [3.63, 3.8) is 0 Å². The predicted octanol–water partition coefficient (Wildman–Crippen LogP) is 3.04. The maximum atomic E-state index is 12.2. The Bertz CT molecular complexity index is 936. The molecule has 1 aromatic heterocycles. The number of para-hydroxylation sites is 2. The number of rotatable bonds is 7. The van der Waals surface area contributed by atoms with E-state index in [0.717, 1.165) is 35.4 Å². The number of ether oxygens (including phenoxy) is 1. The van der Waals surface area contributed by atoms with Crippen LogP contribution in [0.5, 0.6) is 5.75 Å². The van der Waals surface area contributed by atoms with Crippen LogP contribution in [0.3, 0.4) is 0 Å². The highest BCUT2D eigenvalue weighted by atomic mass is 16.5. The Morgan fingerprint density at radius 1 is 1.23 bits per heavy atom. The number of nitrogens with zero attached hydrogens (tertiary/aromatic N) is 2. The summed E-state index contributed by atoms with van der Waals surface area (Å²) in [7, 11) is 1.60. The minimum atomic E-state index is -0.0928. The molecule has 2 aromatic carbocycles. The van der Waals surface area contributed by atoms with Crippen LogP contribution in [0, 0.1) is 12.3 Å². The minimum Gasteiger partial charge on any atom is -0.497 e. The molecule has 0 radical (unpaired) electrons. The Morgan fingerprint density at radius 3 is 2.73 bits per heavy atom. The van der Waals surface area contributed by atoms with Crippen molar-refractivity contribution >= 4 is 16.9 Å². The number of imidazole rings is 1. The lowest BCUT2D eigenvalue weighted by molar-refractivity contribution is 0.0953. The molecule has 0 aliphatic carbocycles. The Labute approximate surface area is 153 Å². The van der Waals surface area contributed by atoms with Crippen LogP contribution in [0.15, 0.2) is 48.5 Å². The third kappa shape index (κ3) is 3.86. The van der Waals surface area contributed by atoms with Gasteiger partial charge < -0.3 is 14.6 Å². The van der Waals surface area contributed by atoms with E-state index < -0.39 is 0 Å². The lowest BCUT2D eigenvalue weighted by Gasteiger charge is -2.07. The zero-order chi connectivity index (χ0) is 18.4. The van der Waals surface area contributed by atoms with Crippen molar-refractivity contribution in [3.05, 3.63) is 59.9 Å². The van der Waals surface area contributed by atoms with Gasteiger partial charge in [-0.1, -0.05) is 18.1 Å². The minimum absolute atomic E-state index is 0.0928. The van der Waals surface area contributed by atoms with Gasteiger partial charge in [-0.25, -0.2) is 4.98 Å². The Balaban J connectivity index is 1.58. The average molecular weight is 347 g/mol. The van der Waals surface area contributed by atoms with Crippen LogP contribution in [0.4, 0.5) is 0 Å². The van der Waals surface area contributed by atoms with Crippen LogP contribution >= 0.6 is 0 Å². The normalized spacial score (nSPS) is 10.5. The molecule has 0 fully saturated rings. The molecule has 0 saturated carbocycles. The van der Waals surface area contributed by atoms with E-state index in [1.54, 1.807) is 31.4 Å². The van der Waals surface area contributed by atoms with Crippen LogP contribution in [0.25, 0.3) is 11.0 Å². The summed E-state index contributed by atoms with van der Waals surface area (Å²) in [6.45, 7) is 1.07. The monoisotopic (exact) mass is 347 g/mol. The van der Waals surface area contributed by atoms with Gasteiger partial charge in [0.15, 0.2) is 0 Å². The summed E-state index contributed by atoms with van der Waals surface area (Å²) >= 11 is 0. The highest BCUT2D eigenvalue weighted by molar-refractivity contribution is 5.94. The summed E-state index contributed by atoms with van der Waals surface area (Å²) in [5, 5.41) is 2.93. The number of aryl methyl sites for hydroxylation is 1. The fourth-order valence-electron chi connectivity index (χ4n) is 2.88. The highest BCUT2D eigenvalue weighted by Crippen LogP contribution is 2.17. The molecule has 0 bridgehead atoms. The van der Waals surface area contributed by atoms with E-state index in [0.29, 0.717) is 18.7 Å². The molecule has 3 rings (SSSR count). The lowest BCUT2D eigenvalue weighted by atomic mass is 10.2. The second-order valence-electron chi connectivity index (χ2n) is 5.89. The van der Waals surface area contributed by atoms with Gasteiger partial charge in [-0.15, -0.1) is 6.42 Å². The third-order valence-corrected chi connectivity index (χ3v) is 4.20. The molecule has 0 unspecified atom stereocenters. The second kappa shape index (κ2) is 8.21. The fraction of sp³-hybridized carbons (Fsp3) is 0.238. The Kier molecular flexibility index (Phi) is 5.55. The number of benzene rings is 2. The van der Waals surface area contributed by atoms with Crippen molar-refractivity contribution < 1.29 is 9.53 Å². The first-order chi connectivity index (χ1) is 12.7. The first kappa shape index (κ1) is 17.6. The molecule has 0 aliphatic rings. The summed E-state index contributed by atoms with van der Waals surface area (Å²) in [6, 6.07) is 15.0. The predicted molar refractivity (Wildman–Crippen MR) is 102 cm³/mol. The second-order valence-corrected chi connectivity index (χ2v) is 5.89. The number of methoxy groups -OCH3 is 1. The molecule has 0 aliphatic heterocycles. The number of carbonyl (C=O) groups is 1. The fourth-order valence-corrected chi connectivity index (χ4v) is 2.88. The molecule has 1 amide bonds. The number of nitrogens with one attached hydrogen (secondary N) is 1. The van der Waals surface area contributed by atoms with Gasteiger partial charge in [-0.2, -0.15) is 0 Å². The zero-order valence-electron chi connectivity index (χ0n) is 14.7. The molecule has 0 saturated heterocycles. The Hall–Kier alpha value is -3.26. The summed E-state index contributed by atoms with van der Waals surface area (Å²) in [5.41, 5.74) is 2.60. The van der Waals surface area contributed by atoms with E-state index in [1.807, 2.05) is 24.3 Å². The lowest BCUT2D eigenvalue weighted by Crippen LogP contribution is -2.25. The van der Waals surface area contributed by atoms with Gasteiger partial charge in [-0.05, 0) is 42.8 Å². The highest BCUT2D eigenvalue weighted by Gasteiger charge is 2.10. The van der Waals surface area contributed by atoms with Gasteiger partial charge in [-0.3, -0.25) is 4.79 Å². The van der Waals surface area contributed by atoms with Crippen molar-refractivity contribution in [1.29, 1.82) is 0 Å². The smallest absolute Gasteiger partial charge is 0.251 e. The van der Waals surface area contributed by atoms with Crippen LogP contribution in [-0.4, -0.2) is 29.1 Å². The maximum Gasteiger partial charge on any atom is 0.251 e. The van der Waals surface area contributed by atoms with Gasteiger partial charge in [0.25, 0.3) is 5.91 Å². The number of hydrogen-bond donors (Lipinski definition) is 1. The molecule has 0 atom stereocenters. The molecular formula is C21H21N3O2. The van der Waals surface area contributed by atoms with Crippen molar-refractivity contribution in [2.45, 2.75) is 19.4 Å². The molecule has 5 heteroatoms. The zero-order valence-corrected chi connectivity index (χ0v) is 14.7. The van der Waals surface area contributed by atoms with E-state index in [4.69, 9.17) is 11.2 Å². The van der Waals surface area contributed by atoms with Gasteiger partial charge in [0.2, 0.25) is 0 Å². The van der Waals surface area contributed by atoms with Gasteiger partial charge >= 0.3 is 0 Å². The molecule has 5 nitrogen and oxygen atoms in total. The third-order valence-electron chi connectivity index (χ3n) is 4.20. The van der Waals surface area contributed by atoms with Crippen LogP contribution in [-0.2, 0) is 13.0 Å². The topological polar surface area (TPSA) is 56.2 Å². The summed E-state index contributed by atoms with van der Waals surface area (Å²) in [4.78, 5) is 16.8. The quantitative estimate of drug-likeness (QED) is 0.528. The summed E-state index contributed by atoms with van der Waals surface area (Å²) in [6.07, 6.45) is 7.03. The molecule has 132 valence electrons. The SMILES string of the molecule is C#CCn1c(CCCNC(=O)c2ccc(OC)cc2)nc2ccccc21. The number of terminal acetylenes is 1. The van der Waals surface area contributed by atoms with Gasteiger partial charge in [0.05, 0.1) is 24.7 Å². The van der Waals surface area contributed by atoms with Crippen LogP contribution in [0.2, 0.25) is 0 Å². The molecule has 3 aromatic rings. The van der Waals surface area contributed by atoms with Crippen LogP contribution < -0.4 is 10.1 Å². The van der Waals surface area contributed by atoms with E-state index in [9.17, 15) is 4.79 Å². The van der Waals surface area contributed by atoms with Gasteiger partial charge in [0, 0.05) is 18.5 Å². The van der Waals surface area contributed by atoms with E-state index >= 15 is 0 Å². The standard InChI is InChI=1S/C21H21N3O2/c1-3-15-24-19-8-5-4-7-18(19)23-20(24)9-6-14-22-21(25)16-10-12-17(26-2)13-11-16/h1,4-5,7-8,10-13H,6,9,14-15H2,2H3,(H,22,25). The van der Waals surface area contributed by atoms with Crippen molar-refractivity contribution in [1.82, 2.24) is 14.9 Å². The van der Waals surface area contributed by atoms with Crippen molar-refractivity contribution in [2.75, 3.05) is 13.7 Å². The van der Waals surface area contributed by atoms with Crippen molar-refractivity contribution in [2.24, 2.45) is 0 Å². The van der Waals surface area contributed by atoms with E-state index in [2.05, 4.69) is 20.8 Å². The first-order valence-corrected chi connectivity index (χ1v) is 8.53. The van der Waals surface area contributed by atoms with E-state index in [-0.39, 0.29) is 5.91 Å². The number of amides is 1. The maximum absolute atomic E-state index is 12.2. The van der Waals surface area contributed by atoms with Gasteiger partial charge in [0.1, 0.15) is 11.6 Å². The Morgan fingerprint density at radius 2 is 2.00 bits per heavy atom. The summed E-state index contributed by atoms with van der Waals surface area (Å²) in [5.74, 6) is 4.27. The molecule has 1 heterocycles. The average Bonchev–Trinajstić information content (AvgIpc) is 3.03. The number of fused-ring (bicyclic) bond motifs is 1. The largest absolute Gasteiger partial charge is 0.497 e. The van der Waals surface area contributed by atoms with Crippen molar-refractivity contribution in [3.8, 4) is 18.1 Å². The number of hydrogen-bond acceptors (Lipinski definition) is 3. The molecule has 26 heavy (non-hydrogen) atoms. The molecule has 1 N–H and O–H groups in total. The van der Waals surface area contributed by atoms with E-state index in [1.165, 1.54) is 0 Å². The van der Waals surface area contributed by atoms with Crippen LogP contribution in [0.1, 0.15) is 22.6 Å². The summed E-state index contributed by atoms with van der Waals surface area (Å²) < 4.78 is 7.15. The first-order valence-electron chi connectivity index (χ1n) is 8.53. The molecule has 0 spiro atoms. The number of aromatic nitrogens is 2. The molecular weight excluding hydrogens is 326 g/mol. The number of carbonyl (C=O) groups excluding carboxylic acids is 1.